The van der Waals surface area contributed by atoms with Crippen molar-refractivity contribution in [2.75, 3.05) is 43.1 Å². The topological polar surface area (TPSA) is 96.7 Å². The predicted octanol–water partition coefficient (Wildman–Crippen LogP) is 0.783. The molecule has 1 aliphatic heterocycles. The highest BCUT2D eigenvalue weighted by Gasteiger charge is 2.18. The van der Waals surface area contributed by atoms with Crippen molar-refractivity contribution < 1.29 is 14.3 Å². The maximum atomic E-state index is 11.5. The van der Waals surface area contributed by atoms with Crippen LogP contribution in [0.4, 0.5) is 16.2 Å². The number of para-hydroxylation sites is 1. The highest BCUT2D eigenvalue weighted by Crippen LogP contribution is 2.34. The Morgan fingerprint density at radius 2 is 2.05 bits per heavy atom. The number of imide groups is 1. The minimum atomic E-state index is -0.874. The molecule has 0 saturated carbocycles. The number of halogens is 1. The van der Waals surface area contributed by atoms with E-state index in [4.69, 9.17) is 22.1 Å². The van der Waals surface area contributed by atoms with Gasteiger partial charge in [0, 0.05) is 13.1 Å². The zero-order valence-electron chi connectivity index (χ0n) is 11.4. The maximum Gasteiger partial charge on any atom is 0.318 e. The van der Waals surface area contributed by atoms with Crippen LogP contribution in [0.3, 0.4) is 0 Å². The van der Waals surface area contributed by atoms with Crippen molar-refractivity contribution in [1.82, 2.24) is 5.32 Å². The molecular weight excluding hydrogens is 296 g/mol. The molecule has 0 spiro atoms. The standard InChI is InChI=1S/C13H17ClN4O3/c14-9-2-1-3-10(16-8-11(19)17-13(15)20)12(9)18-4-6-21-7-5-18/h1-3,16H,4-8H2,(H3,15,17,19,20). The van der Waals surface area contributed by atoms with E-state index in [0.29, 0.717) is 18.2 Å². The first-order valence-electron chi connectivity index (χ1n) is 6.52. The first-order valence-corrected chi connectivity index (χ1v) is 6.90. The van der Waals surface area contributed by atoms with Crippen molar-refractivity contribution in [2.24, 2.45) is 5.73 Å². The number of amides is 3. The SMILES string of the molecule is NC(=O)NC(=O)CNc1cccc(Cl)c1N1CCOCC1. The summed E-state index contributed by atoms with van der Waals surface area (Å²) < 4.78 is 5.32. The number of anilines is 2. The Morgan fingerprint density at radius 1 is 1.33 bits per heavy atom. The lowest BCUT2D eigenvalue weighted by Crippen LogP contribution is -2.39. The second-order valence-corrected chi connectivity index (χ2v) is 4.91. The number of hydrogen-bond acceptors (Lipinski definition) is 5. The third-order valence-electron chi connectivity index (χ3n) is 3.02. The van der Waals surface area contributed by atoms with Crippen LogP contribution in [0, 0.1) is 0 Å². The molecule has 1 saturated heterocycles. The molecule has 0 bridgehead atoms. The number of rotatable bonds is 4. The molecule has 4 N–H and O–H groups in total. The Labute approximate surface area is 127 Å². The van der Waals surface area contributed by atoms with Crippen LogP contribution >= 0.6 is 11.6 Å². The van der Waals surface area contributed by atoms with E-state index in [9.17, 15) is 9.59 Å². The maximum absolute atomic E-state index is 11.5. The average Bonchev–Trinajstić information content (AvgIpc) is 2.45. The zero-order chi connectivity index (χ0) is 15.2. The molecule has 1 aromatic rings. The molecule has 0 unspecified atom stereocenters. The van der Waals surface area contributed by atoms with Crippen molar-refractivity contribution in [2.45, 2.75) is 0 Å². The normalized spacial score (nSPS) is 14.6. The van der Waals surface area contributed by atoms with Gasteiger partial charge in [0.25, 0.3) is 0 Å². The number of carbonyl (C=O) groups is 2. The first kappa shape index (κ1) is 15.4. The van der Waals surface area contributed by atoms with Crippen molar-refractivity contribution in [3.63, 3.8) is 0 Å². The van der Waals surface area contributed by atoms with Gasteiger partial charge in [0.15, 0.2) is 0 Å². The van der Waals surface area contributed by atoms with Crippen molar-refractivity contribution in [1.29, 1.82) is 0 Å². The summed E-state index contributed by atoms with van der Waals surface area (Å²) in [5.74, 6) is -0.504. The summed E-state index contributed by atoms with van der Waals surface area (Å²) in [4.78, 5) is 24.2. The Hall–Kier alpha value is -1.99. The number of hydrogen-bond donors (Lipinski definition) is 3. The van der Waals surface area contributed by atoms with Crippen molar-refractivity contribution in [3.8, 4) is 0 Å². The molecule has 3 amide bonds. The number of ether oxygens (including phenoxy) is 1. The number of urea groups is 1. The molecule has 7 nitrogen and oxygen atoms in total. The fraction of sp³-hybridized carbons (Fsp3) is 0.385. The lowest BCUT2D eigenvalue weighted by Gasteiger charge is -2.31. The van der Waals surface area contributed by atoms with E-state index in [-0.39, 0.29) is 6.54 Å². The van der Waals surface area contributed by atoms with Crippen LogP contribution in [0.2, 0.25) is 5.02 Å². The fourth-order valence-corrected chi connectivity index (χ4v) is 2.42. The van der Waals surface area contributed by atoms with E-state index >= 15 is 0 Å². The van der Waals surface area contributed by atoms with Crippen LogP contribution in [-0.4, -0.2) is 44.8 Å². The summed E-state index contributed by atoms with van der Waals surface area (Å²) in [7, 11) is 0. The molecule has 1 aromatic carbocycles. The molecule has 21 heavy (non-hydrogen) atoms. The number of morpholine rings is 1. The van der Waals surface area contributed by atoms with E-state index in [1.165, 1.54) is 0 Å². The van der Waals surface area contributed by atoms with Gasteiger partial charge in [-0.25, -0.2) is 4.79 Å². The van der Waals surface area contributed by atoms with E-state index in [2.05, 4.69) is 10.2 Å². The summed E-state index contributed by atoms with van der Waals surface area (Å²) in [6, 6.07) is 4.54. The summed E-state index contributed by atoms with van der Waals surface area (Å²) in [6.45, 7) is 2.65. The molecule has 0 atom stereocenters. The van der Waals surface area contributed by atoms with Crippen LogP contribution in [0.5, 0.6) is 0 Å². The number of nitrogens with zero attached hydrogens (tertiary/aromatic N) is 1. The van der Waals surface area contributed by atoms with E-state index in [1.54, 1.807) is 12.1 Å². The summed E-state index contributed by atoms with van der Waals surface area (Å²) in [6.07, 6.45) is 0. The van der Waals surface area contributed by atoms with Gasteiger partial charge in [0.05, 0.1) is 36.2 Å². The van der Waals surface area contributed by atoms with Gasteiger partial charge in [-0.05, 0) is 12.1 Å². The Balaban J connectivity index is 2.09. The van der Waals surface area contributed by atoms with Gasteiger partial charge in [0.2, 0.25) is 5.91 Å². The molecule has 0 aromatic heterocycles. The smallest absolute Gasteiger partial charge is 0.318 e. The number of nitrogens with two attached hydrogens (primary N) is 1. The average molecular weight is 313 g/mol. The van der Waals surface area contributed by atoms with E-state index in [1.807, 2.05) is 11.4 Å². The molecule has 0 aliphatic carbocycles. The second-order valence-electron chi connectivity index (χ2n) is 4.50. The van der Waals surface area contributed by atoms with Gasteiger partial charge in [-0.3, -0.25) is 10.1 Å². The Bertz CT molecular complexity index is 532. The van der Waals surface area contributed by atoms with Gasteiger partial charge >= 0.3 is 6.03 Å². The highest BCUT2D eigenvalue weighted by molar-refractivity contribution is 6.34. The number of nitrogens with one attached hydrogen (secondary N) is 2. The Kier molecular flexibility index (Phi) is 5.24. The highest BCUT2D eigenvalue weighted by atomic mass is 35.5. The largest absolute Gasteiger partial charge is 0.378 e. The van der Waals surface area contributed by atoms with Crippen LogP contribution in [0.1, 0.15) is 0 Å². The summed E-state index contributed by atoms with van der Waals surface area (Å²) in [5.41, 5.74) is 6.45. The quantitative estimate of drug-likeness (QED) is 0.763. The van der Waals surface area contributed by atoms with E-state index < -0.39 is 11.9 Å². The lowest BCUT2D eigenvalue weighted by molar-refractivity contribution is -0.118. The number of benzene rings is 1. The van der Waals surface area contributed by atoms with Crippen LogP contribution in [0.15, 0.2) is 18.2 Å². The van der Waals surface area contributed by atoms with Crippen LogP contribution in [0.25, 0.3) is 0 Å². The zero-order valence-corrected chi connectivity index (χ0v) is 12.2. The van der Waals surface area contributed by atoms with Crippen molar-refractivity contribution >= 4 is 34.9 Å². The second kappa shape index (κ2) is 7.14. The molecule has 114 valence electrons. The third kappa shape index (κ3) is 4.24. The monoisotopic (exact) mass is 312 g/mol. The third-order valence-corrected chi connectivity index (χ3v) is 3.32. The van der Waals surface area contributed by atoms with E-state index in [0.717, 1.165) is 24.5 Å². The van der Waals surface area contributed by atoms with Gasteiger partial charge in [-0.1, -0.05) is 17.7 Å². The minimum Gasteiger partial charge on any atom is -0.378 e. The number of carbonyl (C=O) groups excluding carboxylic acids is 2. The summed E-state index contributed by atoms with van der Waals surface area (Å²) in [5, 5.41) is 5.56. The molecule has 1 aliphatic rings. The van der Waals surface area contributed by atoms with Gasteiger partial charge in [-0.15, -0.1) is 0 Å². The predicted molar refractivity (Wildman–Crippen MR) is 80.7 cm³/mol. The lowest BCUT2D eigenvalue weighted by atomic mass is 10.2. The molecule has 8 heteroatoms. The van der Waals surface area contributed by atoms with Crippen LogP contribution in [-0.2, 0) is 9.53 Å². The molecule has 1 heterocycles. The molecule has 2 rings (SSSR count). The fourth-order valence-electron chi connectivity index (χ4n) is 2.12. The minimum absolute atomic E-state index is 0.0688. The van der Waals surface area contributed by atoms with Gasteiger partial charge < -0.3 is 20.7 Å². The Morgan fingerprint density at radius 3 is 2.71 bits per heavy atom. The molecule has 0 radical (unpaired) electrons. The summed E-state index contributed by atoms with van der Waals surface area (Å²) >= 11 is 6.27. The van der Waals surface area contributed by atoms with Gasteiger partial charge in [-0.2, -0.15) is 0 Å². The molecular formula is C13H17ClN4O3. The number of primary amides is 1. The van der Waals surface area contributed by atoms with Gasteiger partial charge in [0.1, 0.15) is 0 Å². The van der Waals surface area contributed by atoms with Crippen LogP contribution < -0.4 is 21.3 Å². The molecule has 1 fully saturated rings. The van der Waals surface area contributed by atoms with Crippen molar-refractivity contribution in [3.05, 3.63) is 23.2 Å². The first-order chi connectivity index (χ1) is 10.1.